The summed E-state index contributed by atoms with van der Waals surface area (Å²) in [6.07, 6.45) is 0. The van der Waals surface area contributed by atoms with Crippen molar-refractivity contribution < 1.29 is 14.4 Å². The van der Waals surface area contributed by atoms with E-state index in [1.165, 1.54) is 0 Å². The minimum atomic E-state index is -0.0185. The lowest BCUT2D eigenvalue weighted by Crippen LogP contribution is -2.38. The first-order chi connectivity index (χ1) is 4.78. The third-order valence-electron chi connectivity index (χ3n) is 2.16. The van der Waals surface area contributed by atoms with Gasteiger partial charge in [0.1, 0.15) is 13.1 Å². The minimum Gasteiger partial charge on any atom is -0.347 e. The molecule has 0 unspecified atom stereocenters. The zero-order valence-corrected chi connectivity index (χ0v) is 5.79. The van der Waals surface area contributed by atoms with Crippen LogP contribution in [0.2, 0.25) is 0 Å². The molecule has 2 saturated heterocycles. The molecule has 2 amide bonds. The Hall–Kier alpha value is -0.610. The highest BCUT2D eigenvalue weighted by molar-refractivity contribution is 5.70. The molecule has 4 heteroatoms. The van der Waals surface area contributed by atoms with Crippen LogP contribution in [0.15, 0.2) is 0 Å². The van der Waals surface area contributed by atoms with Gasteiger partial charge < -0.3 is 5.11 Å². The topological polar surface area (TPSA) is 40.3 Å². The van der Waals surface area contributed by atoms with E-state index in [1.807, 2.05) is 0 Å². The van der Waals surface area contributed by atoms with E-state index in [0.717, 1.165) is 26.2 Å². The van der Waals surface area contributed by atoms with E-state index in [-0.39, 0.29) is 12.8 Å². The molecule has 2 heterocycles. The Balaban J connectivity index is 2.02. The van der Waals surface area contributed by atoms with E-state index < -0.39 is 0 Å². The number of rotatable bonds is 1. The number of hydrogen-bond acceptors (Lipinski definition) is 2. The number of aliphatic hydroxyl groups excluding tert-OH is 1. The van der Waals surface area contributed by atoms with Gasteiger partial charge in [-0.3, -0.25) is 4.90 Å². The van der Waals surface area contributed by atoms with Gasteiger partial charge in [-0.15, -0.1) is 0 Å². The molecular weight excluding hydrogens is 132 g/mol. The van der Waals surface area contributed by atoms with E-state index in [1.54, 1.807) is 4.90 Å². The first kappa shape index (κ1) is 6.12. The van der Waals surface area contributed by atoms with E-state index >= 15 is 0 Å². The fourth-order valence-electron chi connectivity index (χ4n) is 1.06. The third-order valence-corrected chi connectivity index (χ3v) is 2.16. The van der Waals surface area contributed by atoms with Crippen LogP contribution in [0, 0.1) is 0 Å². The SMILES string of the molecule is O=C(N1CC1)[N+]1(CO)CC1. The molecule has 2 aliphatic heterocycles. The Morgan fingerprint density at radius 1 is 1.50 bits per heavy atom. The normalized spacial score (nSPS) is 26.3. The summed E-state index contributed by atoms with van der Waals surface area (Å²) >= 11 is 0. The number of aliphatic hydroxyl groups is 1. The highest BCUT2D eigenvalue weighted by Gasteiger charge is 2.54. The number of amides is 2. The van der Waals surface area contributed by atoms with E-state index in [2.05, 4.69) is 0 Å². The molecule has 4 nitrogen and oxygen atoms in total. The lowest BCUT2D eigenvalue weighted by atomic mass is 10.8. The van der Waals surface area contributed by atoms with Crippen LogP contribution in [0.4, 0.5) is 4.79 Å². The second kappa shape index (κ2) is 1.71. The maximum atomic E-state index is 11.3. The van der Waals surface area contributed by atoms with Crippen LogP contribution < -0.4 is 0 Å². The first-order valence-corrected chi connectivity index (χ1v) is 3.55. The number of hydrogen-bond donors (Lipinski definition) is 1. The zero-order valence-electron chi connectivity index (χ0n) is 5.79. The average molecular weight is 143 g/mol. The number of carbonyl (C=O) groups excluding carboxylic acids is 1. The molecule has 0 aliphatic carbocycles. The number of urea groups is 1. The third kappa shape index (κ3) is 0.726. The molecule has 2 rings (SSSR count). The quantitative estimate of drug-likeness (QED) is 0.385. The van der Waals surface area contributed by atoms with Gasteiger partial charge in [-0.2, -0.15) is 0 Å². The summed E-state index contributed by atoms with van der Waals surface area (Å²) in [5.74, 6) is 0. The van der Waals surface area contributed by atoms with Gasteiger partial charge in [0.25, 0.3) is 0 Å². The van der Waals surface area contributed by atoms with Crippen LogP contribution in [0.1, 0.15) is 0 Å². The Bertz CT molecular complexity index is 173. The standard InChI is InChI=1S/C6H11N2O2/c9-5-8(3-4-8)6(10)7-1-2-7/h9H,1-5H2/q+1. The molecule has 0 bridgehead atoms. The van der Waals surface area contributed by atoms with Crippen molar-refractivity contribution in [3.8, 4) is 0 Å². The maximum Gasteiger partial charge on any atom is 0.421 e. The van der Waals surface area contributed by atoms with Gasteiger partial charge in [0.05, 0.1) is 0 Å². The van der Waals surface area contributed by atoms with Crippen molar-refractivity contribution in [3.05, 3.63) is 0 Å². The maximum absolute atomic E-state index is 11.3. The van der Waals surface area contributed by atoms with Crippen LogP contribution in [-0.2, 0) is 0 Å². The predicted molar refractivity (Wildman–Crippen MR) is 34.0 cm³/mol. The average Bonchev–Trinajstić information content (AvgIpc) is 2.84. The van der Waals surface area contributed by atoms with E-state index in [9.17, 15) is 4.79 Å². The summed E-state index contributed by atoms with van der Waals surface area (Å²) in [7, 11) is 0. The van der Waals surface area contributed by atoms with Crippen molar-refractivity contribution in [2.45, 2.75) is 0 Å². The number of quaternary nitrogens is 1. The molecule has 0 aromatic heterocycles. The van der Waals surface area contributed by atoms with Crippen molar-refractivity contribution in [3.63, 3.8) is 0 Å². The molecule has 2 aliphatic rings. The highest BCUT2D eigenvalue weighted by atomic mass is 16.3. The lowest BCUT2D eigenvalue weighted by molar-refractivity contribution is -0.741. The summed E-state index contributed by atoms with van der Waals surface area (Å²) in [4.78, 5) is 13.0. The lowest BCUT2D eigenvalue weighted by Gasteiger charge is -2.11. The zero-order chi connectivity index (χ0) is 7.19. The van der Waals surface area contributed by atoms with Crippen molar-refractivity contribution in [1.82, 2.24) is 4.90 Å². The molecule has 1 N–H and O–H groups in total. The first-order valence-electron chi connectivity index (χ1n) is 3.55. The van der Waals surface area contributed by atoms with Gasteiger partial charge in [0.2, 0.25) is 0 Å². The molecule has 0 spiro atoms. The van der Waals surface area contributed by atoms with Gasteiger partial charge in [-0.1, -0.05) is 0 Å². The number of nitrogens with zero attached hydrogens (tertiary/aromatic N) is 2. The second-order valence-corrected chi connectivity index (χ2v) is 3.00. The molecule has 56 valence electrons. The summed E-state index contributed by atoms with van der Waals surface area (Å²) in [6, 6.07) is 0.113. The van der Waals surface area contributed by atoms with Crippen LogP contribution in [0.25, 0.3) is 0 Å². The summed E-state index contributed by atoms with van der Waals surface area (Å²) in [6.45, 7) is 3.41. The van der Waals surface area contributed by atoms with Gasteiger partial charge in [-0.25, -0.2) is 9.28 Å². The van der Waals surface area contributed by atoms with Crippen LogP contribution in [0.3, 0.4) is 0 Å². The molecule has 0 atom stereocenters. The Labute approximate surface area is 59.2 Å². The molecule has 0 saturated carbocycles. The molecule has 0 aromatic carbocycles. The molecule has 2 fully saturated rings. The van der Waals surface area contributed by atoms with Crippen LogP contribution in [-0.4, -0.2) is 53.4 Å². The largest absolute Gasteiger partial charge is 0.421 e. The van der Waals surface area contributed by atoms with Gasteiger partial charge in [0, 0.05) is 13.1 Å². The van der Waals surface area contributed by atoms with Crippen LogP contribution >= 0.6 is 0 Å². The van der Waals surface area contributed by atoms with Gasteiger partial charge in [0.15, 0.2) is 6.73 Å². The summed E-state index contributed by atoms with van der Waals surface area (Å²) < 4.78 is 0.292. The predicted octanol–water partition coefficient (Wildman–Crippen LogP) is -0.798. The molecule has 10 heavy (non-hydrogen) atoms. The summed E-state index contributed by atoms with van der Waals surface area (Å²) in [5, 5.41) is 8.83. The Morgan fingerprint density at radius 3 is 2.40 bits per heavy atom. The molecule has 0 radical (unpaired) electrons. The van der Waals surface area contributed by atoms with Crippen molar-refractivity contribution >= 4 is 6.03 Å². The fourth-order valence-corrected chi connectivity index (χ4v) is 1.06. The van der Waals surface area contributed by atoms with Gasteiger partial charge >= 0.3 is 6.03 Å². The van der Waals surface area contributed by atoms with Crippen molar-refractivity contribution in [2.24, 2.45) is 0 Å². The Kier molecular flexibility index (Phi) is 1.04. The van der Waals surface area contributed by atoms with Gasteiger partial charge in [-0.05, 0) is 0 Å². The smallest absolute Gasteiger partial charge is 0.347 e. The van der Waals surface area contributed by atoms with Crippen molar-refractivity contribution in [1.29, 1.82) is 0 Å². The molecule has 0 aromatic rings. The fraction of sp³-hybridized carbons (Fsp3) is 0.833. The minimum absolute atomic E-state index is 0.0185. The monoisotopic (exact) mass is 143 g/mol. The molecular formula is C6H11N2O2+. The second-order valence-electron chi connectivity index (χ2n) is 3.00. The summed E-state index contributed by atoms with van der Waals surface area (Å²) in [5.41, 5.74) is 0. The van der Waals surface area contributed by atoms with E-state index in [4.69, 9.17) is 5.11 Å². The van der Waals surface area contributed by atoms with Crippen molar-refractivity contribution in [2.75, 3.05) is 32.9 Å². The highest BCUT2D eigenvalue weighted by Crippen LogP contribution is 2.25. The Morgan fingerprint density at radius 2 is 2.10 bits per heavy atom. The van der Waals surface area contributed by atoms with Crippen LogP contribution in [0.5, 0.6) is 0 Å². The van der Waals surface area contributed by atoms with E-state index in [0.29, 0.717) is 4.48 Å². The number of carbonyl (C=O) groups is 1.